The summed E-state index contributed by atoms with van der Waals surface area (Å²) in [5.41, 5.74) is 1.32. The van der Waals surface area contributed by atoms with E-state index in [2.05, 4.69) is 10.6 Å². The van der Waals surface area contributed by atoms with E-state index in [9.17, 15) is 9.18 Å². The van der Waals surface area contributed by atoms with Crippen LogP contribution in [0.2, 0.25) is 0 Å². The van der Waals surface area contributed by atoms with Crippen LogP contribution in [-0.4, -0.2) is 30.9 Å². The van der Waals surface area contributed by atoms with Crippen LogP contribution in [0.1, 0.15) is 0 Å². The SMILES string of the molecule is COCCNC(=O)Nc1ccn(-c2cccc(F)c2)c1. The van der Waals surface area contributed by atoms with E-state index in [1.165, 1.54) is 12.1 Å². The number of halogens is 1. The molecule has 0 unspecified atom stereocenters. The summed E-state index contributed by atoms with van der Waals surface area (Å²) in [5.74, 6) is -0.303. The summed E-state index contributed by atoms with van der Waals surface area (Å²) in [4.78, 5) is 11.5. The van der Waals surface area contributed by atoms with Crippen molar-refractivity contribution >= 4 is 11.7 Å². The zero-order valence-corrected chi connectivity index (χ0v) is 11.1. The van der Waals surface area contributed by atoms with Crippen molar-refractivity contribution in [2.75, 3.05) is 25.6 Å². The molecule has 0 aliphatic carbocycles. The lowest BCUT2D eigenvalue weighted by Crippen LogP contribution is -2.31. The van der Waals surface area contributed by atoms with Crippen LogP contribution in [0.4, 0.5) is 14.9 Å². The molecule has 1 heterocycles. The third-order valence-electron chi connectivity index (χ3n) is 2.65. The molecule has 0 aliphatic rings. The number of ether oxygens (including phenoxy) is 1. The van der Waals surface area contributed by atoms with Crippen LogP contribution in [0.15, 0.2) is 42.7 Å². The Hall–Kier alpha value is -2.34. The maximum Gasteiger partial charge on any atom is 0.319 e. The van der Waals surface area contributed by atoms with E-state index in [0.717, 1.165) is 0 Å². The average Bonchev–Trinajstić information content (AvgIpc) is 2.87. The lowest BCUT2D eigenvalue weighted by Gasteiger charge is -2.05. The first-order valence-corrected chi connectivity index (χ1v) is 6.17. The standard InChI is InChI=1S/C14H16FN3O2/c1-20-8-6-16-14(19)17-12-5-7-18(10-12)13-4-2-3-11(15)9-13/h2-5,7,9-10H,6,8H2,1H3,(H2,16,17,19). The van der Waals surface area contributed by atoms with Crippen LogP contribution < -0.4 is 10.6 Å². The van der Waals surface area contributed by atoms with Gasteiger partial charge in [-0.05, 0) is 24.3 Å². The summed E-state index contributed by atoms with van der Waals surface area (Å²) in [6.45, 7) is 0.894. The van der Waals surface area contributed by atoms with Gasteiger partial charge in [0.15, 0.2) is 0 Å². The van der Waals surface area contributed by atoms with Crippen LogP contribution >= 0.6 is 0 Å². The summed E-state index contributed by atoms with van der Waals surface area (Å²) in [6, 6.07) is 7.65. The number of carbonyl (C=O) groups is 1. The number of carbonyl (C=O) groups excluding carboxylic acids is 1. The normalized spacial score (nSPS) is 10.3. The van der Waals surface area contributed by atoms with Gasteiger partial charge in [-0.1, -0.05) is 6.07 Å². The van der Waals surface area contributed by atoms with Crippen molar-refractivity contribution in [3.8, 4) is 5.69 Å². The molecular formula is C14H16FN3O2. The number of hydrogen-bond acceptors (Lipinski definition) is 2. The predicted octanol–water partition coefficient (Wildman–Crippen LogP) is 2.38. The van der Waals surface area contributed by atoms with Gasteiger partial charge in [-0.25, -0.2) is 9.18 Å². The van der Waals surface area contributed by atoms with Crippen LogP contribution in [-0.2, 0) is 4.74 Å². The molecule has 0 radical (unpaired) electrons. The van der Waals surface area contributed by atoms with E-state index in [-0.39, 0.29) is 11.8 Å². The summed E-state index contributed by atoms with van der Waals surface area (Å²) in [7, 11) is 1.57. The third kappa shape index (κ3) is 3.83. The summed E-state index contributed by atoms with van der Waals surface area (Å²) in [5, 5.41) is 5.33. The van der Waals surface area contributed by atoms with Gasteiger partial charge in [-0.3, -0.25) is 0 Å². The van der Waals surface area contributed by atoms with E-state index in [1.807, 2.05) is 0 Å². The molecule has 0 aliphatic heterocycles. The Labute approximate surface area is 116 Å². The number of anilines is 1. The Kier molecular flexibility index (Phi) is 4.73. The molecule has 0 bridgehead atoms. The van der Waals surface area contributed by atoms with Crippen molar-refractivity contribution in [1.29, 1.82) is 0 Å². The van der Waals surface area contributed by atoms with Gasteiger partial charge in [-0.15, -0.1) is 0 Å². The molecule has 2 amide bonds. The fourth-order valence-electron chi connectivity index (χ4n) is 1.71. The van der Waals surface area contributed by atoms with Gasteiger partial charge in [0.05, 0.1) is 12.3 Å². The zero-order valence-electron chi connectivity index (χ0n) is 11.1. The van der Waals surface area contributed by atoms with Gasteiger partial charge in [0.2, 0.25) is 0 Å². The molecule has 2 rings (SSSR count). The highest BCUT2D eigenvalue weighted by molar-refractivity contribution is 5.89. The van der Waals surface area contributed by atoms with Crippen molar-refractivity contribution in [1.82, 2.24) is 9.88 Å². The van der Waals surface area contributed by atoms with Gasteiger partial charge in [0.1, 0.15) is 5.82 Å². The van der Waals surface area contributed by atoms with Gasteiger partial charge in [0, 0.05) is 31.7 Å². The van der Waals surface area contributed by atoms with Crippen molar-refractivity contribution in [2.45, 2.75) is 0 Å². The smallest absolute Gasteiger partial charge is 0.319 e. The van der Waals surface area contributed by atoms with Crippen LogP contribution in [0.3, 0.4) is 0 Å². The van der Waals surface area contributed by atoms with Gasteiger partial charge < -0.3 is 19.9 Å². The molecule has 0 saturated carbocycles. The Balaban J connectivity index is 1.97. The maximum atomic E-state index is 13.1. The largest absolute Gasteiger partial charge is 0.383 e. The third-order valence-corrected chi connectivity index (χ3v) is 2.65. The number of urea groups is 1. The van der Waals surface area contributed by atoms with Crippen LogP contribution in [0.25, 0.3) is 5.69 Å². The maximum absolute atomic E-state index is 13.1. The van der Waals surface area contributed by atoms with E-state index < -0.39 is 0 Å². The number of aromatic nitrogens is 1. The molecule has 106 valence electrons. The number of hydrogen-bond donors (Lipinski definition) is 2. The molecular weight excluding hydrogens is 261 g/mol. The highest BCUT2D eigenvalue weighted by Crippen LogP contribution is 2.15. The van der Waals surface area contributed by atoms with Crippen molar-refractivity contribution in [2.24, 2.45) is 0 Å². The van der Waals surface area contributed by atoms with Gasteiger partial charge in [-0.2, -0.15) is 0 Å². The topological polar surface area (TPSA) is 55.3 Å². The molecule has 1 aromatic carbocycles. The minimum absolute atomic E-state index is 0.303. The molecule has 6 heteroatoms. The second kappa shape index (κ2) is 6.72. The molecule has 0 fully saturated rings. The van der Waals surface area contributed by atoms with Crippen molar-refractivity contribution < 1.29 is 13.9 Å². The molecule has 20 heavy (non-hydrogen) atoms. The number of benzene rings is 1. The quantitative estimate of drug-likeness (QED) is 0.824. The fraction of sp³-hybridized carbons (Fsp3) is 0.214. The second-order valence-corrected chi connectivity index (χ2v) is 4.16. The van der Waals surface area contributed by atoms with Gasteiger partial charge in [0.25, 0.3) is 0 Å². The minimum atomic E-state index is -0.306. The Morgan fingerprint density at radius 3 is 3.00 bits per heavy atom. The Morgan fingerprint density at radius 2 is 2.25 bits per heavy atom. The average molecular weight is 277 g/mol. The number of rotatable bonds is 5. The van der Waals surface area contributed by atoms with Crippen molar-refractivity contribution in [3.63, 3.8) is 0 Å². The first-order chi connectivity index (χ1) is 9.69. The number of methoxy groups -OCH3 is 1. The molecule has 0 spiro atoms. The Bertz CT molecular complexity index is 583. The first-order valence-electron chi connectivity index (χ1n) is 6.17. The lowest BCUT2D eigenvalue weighted by molar-refractivity contribution is 0.198. The summed E-state index contributed by atoms with van der Waals surface area (Å²) in [6.07, 6.45) is 3.46. The second-order valence-electron chi connectivity index (χ2n) is 4.16. The number of amides is 2. The van der Waals surface area contributed by atoms with E-state index in [0.29, 0.717) is 24.5 Å². The van der Waals surface area contributed by atoms with Crippen molar-refractivity contribution in [3.05, 3.63) is 48.5 Å². The molecule has 0 atom stereocenters. The fourth-order valence-corrected chi connectivity index (χ4v) is 1.71. The highest BCUT2D eigenvalue weighted by Gasteiger charge is 2.04. The molecule has 2 N–H and O–H groups in total. The summed E-state index contributed by atoms with van der Waals surface area (Å²) >= 11 is 0. The molecule has 2 aromatic rings. The van der Waals surface area contributed by atoms with E-state index >= 15 is 0 Å². The molecule has 0 saturated heterocycles. The number of nitrogens with zero attached hydrogens (tertiary/aromatic N) is 1. The minimum Gasteiger partial charge on any atom is -0.383 e. The highest BCUT2D eigenvalue weighted by atomic mass is 19.1. The monoisotopic (exact) mass is 277 g/mol. The molecule has 5 nitrogen and oxygen atoms in total. The zero-order chi connectivity index (χ0) is 14.4. The predicted molar refractivity (Wildman–Crippen MR) is 74.6 cm³/mol. The van der Waals surface area contributed by atoms with E-state index in [1.54, 1.807) is 42.3 Å². The Morgan fingerprint density at radius 1 is 1.40 bits per heavy atom. The molecule has 1 aromatic heterocycles. The van der Waals surface area contributed by atoms with E-state index in [4.69, 9.17) is 4.74 Å². The van der Waals surface area contributed by atoms with Gasteiger partial charge >= 0.3 is 6.03 Å². The van der Waals surface area contributed by atoms with Crippen LogP contribution in [0, 0.1) is 5.82 Å². The lowest BCUT2D eigenvalue weighted by atomic mass is 10.3. The first kappa shape index (κ1) is 14.1. The van der Waals surface area contributed by atoms with Crippen LogP contribution in [0.5, 0.6) is 0 Å². The number of nitrogens with one attached hydrogen (secondary N) is 2. The summed E-state index contributed by atoms with van der Waals surface area (Å²) < 4.78 is 19.7.